The molecule has 0 bridgehead atoms. The van der Waals surface area contributed by atoms with E-state index in [4.69, 9.17) is 10.6 Å². The average Bonchev–Trinajstić information content (AvgIpc) is 2.45. The standard InChI is InChI=1S/C16H24FN3O/c1-4-9-21-14(3)10-13(2)11-19-20(18)12-15-7-5-6-8-16(15)17/h4-6,8-9,15,19H,2-3,7,10-12,18H2,1H3/b9-4-. The highest BCUT2D eigenvalue weighted by atomic mass is 19.1. The summed E-state index contributed by atoms with van der Waals surface area (Å²) in [6, 6.07) is 0. The highest BCUT2D eigenvalue weighted by Gasteiger charge is 2.17. The van der Waals surface area contributed by atoms with Crippen molar-refractivity contribution in [3.63, 3.8) is 0 Å². The summed E-state index contributed by atoms with van der Waals surface area (Å²) in [5.74, 6) is 6.11. The molecule has 1 aliphatic carbocycles. The van der Waals surface area contributed by atoms with Crippen molar-refractivity contribution in [3.8, 4) is 0 Å². The summed E-state index contributed by atoms with van der Waals surface area (Å²) in [5.41, 5.74) is 3.88. The summed E-state index contributed by atoms with van der Waals surface area (Å²) in [5, 5.41) is 1.40. The monoisotopic (exact) mass is 293 g/mol. The number of ether oxygens (including phenoxy) is 1. The van der Waals surface area contributed by atoms with Crippen molar-refractivity contribution in [2.24, 2.45) is 11.8 Å². The molecular weight excluding hydrogens is 269 g/mol. The van der Waals surface area contributed by atoms with Crippen LogP contribution in [0.3, 0.4) is 0 Å². The molecule has 0 amide bonds. The van der Waals surface area contributed by atoms with Crippen molar-refractivity contribution in [3.05, 3.63) is 60.9 Å². The molecule has 5 heteroatoms. The van der Waals surface area contributed by atoms with Crippen molar-refractivity contribution in [1.82, 2.24) is 10.5 Å². The van der Waals surface area contributed by atoms with Crippen LogP contribution in [-0.2, 0) is 4.74 Å². The topological polar surface area (TPSA) is 50.5 Å². The molecule has 0 heterocycles. The van der Waals surface area contributed by atoms with Crippen LogP contribution in [0.5, 0.6) is 0 Å². The molecule has 0 aromatic carbocycles. The van der Waals surface area contributed by atoms with Crippen LogP contribution in [0.2, 0.25) is 0 Å². The summed E-state index contributed by atoms with van der Waals surface area (Å²) < 4.78 is 18.8. The van der Waals surface area contributed by atoms with Gasteiger partial charge >= 0.3 is 0 Å². The van der Waals surface area contributed by atoms with E-state index in [-0.39, 0.29) is 11.7 Å². The third kappa shape index (κ3) is 7.04. The predicted molar refractivity (Wildman–Crippen MR) is 84.1 cm³/mol. The molecule has 0 aliphatic heterocycles. The van der Waals surface area contributed by atoms with Crippen LogP contribution in [0.4, 0.5) is 4.39 Å². The molecule has 0 spiro atoms. The Bertz CT molecular complexity index is 454. The molecule has 0 saturated heterocycles. The van der Waals surface area contributed by atoms with Gasteiger partial charge in [0, 0.05) is 25.4 Å². The molecule has 0 aromatic rings. The Labute approximate surface area is 126 Å². The first-order valence-corrected chi connectivity index (χ1v) is 6.93. The Morgan fingerprint density at radius 2 is 2.38 bits per heavy atom. The zero-order valence-electron chi connectivity index (χ0n) is 12.5. The second-order valence-electron chi connectivity index (χ2n) is 4.95. The highest BCUT2D eigenvalue weighted by Crippen LogP contribution is 2.21. The third-order valence-corrected chi connectivity index (χ3v) is 2.97. The number of nitrogens with two attached hydrogens (primary N) is 1. The van der Waals surface area contributed by atoms with E-state index in [0.29, 0.717) is 31.7 Å². The van der Waals surface area contributed by atoms with E-state index in [9.17, 15) is 4.39 Å². The fourth-order valence-electron chi connectivity index (χ4n) is 1.88. The van der Waals surface area contributed by atoms with Gasteiger partial charge in [-0.15, -0.1) is 0 Å². The van der Waals surface area contributed by atoms with E-state index in [0.717, 1.165) is 5.57 Å². The number of rotatable bonds is 9. The minimum Gasteiger partial charge on any atom is -0.470 e. The van der Waals surface area contributed by atoms with Crippen molar-refractivity contribution >= 4 is 0 Å². The number of hydrazine groups is 2. The van der Waals surface area contributed by atoms with Crippen molar-refractivity contribution < 1.29 is 9.13 Å². The largest absolute Gasteiger partial charge is 0.470 e. The van der Waals surface area contributed by atoms with Gasteiger partial charge in [0.15, 0.2) is 0 Å². The van der Waals surface area contributed by atoms with Gasteiger partial charge in [-0.05, 0) is 19.4 Å². The minimum absolute atomic E-state index is 0.137. The van der Waals surface area contributed by atoms with Crippen LogP contribution in [0.25, 0.3) is 0 Å². The number of halogens is 1. The Hall–Kier alpha value is -1.69. The maximum absolute atomic E-state index is 13.5. The van der Waals surface area contributed by atoms with Crippen LogP contribution in [0.1, 0.15) is 19.8 Å². The van der Waals surface area contributed by atoms with Gasteiger partial charge in [-0.2, -0.15) is 5.12 Å². The summed E-state index contributed by atoms with van der Waals surface area (Å²) in [7, 11) is 0. The number of nitrogens with zero attached hydrogens (tertiary/aromatic N) is 1. The average molecular weight is 293 g/mol. The third-order valence-electron chi connectivity index (χ3n) is 2.97. The maximum Gasteiger partial charge on any atom is 0.105 e. The molecule has 1 unspecified atom stereocenters. The second kappa shape index (κ2) is 9.28. The van der Waals surface area contributed by atoms with Crippen LogP contribution in [0.15, 0.2) is 60.9 Å². The van der Waals surface area contributed by atoms with Crippen molar-refractivity contribution in [2.75, 3.05) is 13.1 Å². The Kier molecular flexibility index (Phi) is 7.68. The van der Waals surface area contributed by atoms with Gasteiger partial charge in [0.25, 0.3) is 0 Å². The van der Waals surface area contributed by atoms with E-state index in [1.165, 1.54) is 11.2 Å². The van der Waals surface area contributed by atoms with Gasteiger partial charge in [0.2, 0.25) is 0 Å². The van der Waals surface area contributed by atoms with Crippen LogP contribution >= 0.6 is 0 Å². The molecule has 116 valence electrons. The minimum atomic E-state index is -0.200. The summed E-state index contributed by atoms with van der Waals surface area (Å²) in [6.45, 7) is 10.5. The van der Waals surface area contributed by atoms with Crippen molar-refractivity contribution in [1.29, 1.82) is 0 Å². The zero-order valence-corrected chi connectivity index (χ0v) is 12.5. The van der Waals surface area contributed by atoms with Crippen LogP contribution < -0.4 is 11.3 Å². The molecule has 0 saturated carbocycles. The molecule has 4 nitrogen and oxygen atoms in total. The lowest BCUT2D eigenvalue weighted by Crippen LogP contribution is -2.47. The van der Waals surface area contributed by atoms with Gasteiger partial charge in [-0.1, -0.05) is 37.0 Å². The van der Waals surface area contributed by atoms with E-state index in [1.807, 2.05) is 13.0 Å². The normalized spacial score (nSPS) is 18.1. The number of allylic oxidation sites excluding steroid dienone is 5. The van der Waals surface area contributed by atoms with Gasteiger partial charge in [-0.25, -0.2) is 9.82 Å². The van der Waals surface area contributed by atoms with Crippen LogP contribution in [0, 0.1) is 5.92 Å². The molecule has 1 atom stereocenters. The summed E-state index contributed by atoms with van der Waals surface area (Å²) in [6.07, 6.45) is 9.70. The summed E-state index contributed by atoms with van der Waals surface area (Å²) >= 11 is 0. The molecule has 3 N–H and O–H groups in total. The molecule has 0 aromatic heterocycles. The molecule has 0 radical (unpaired) electrons. The van der Waals surface area contributed by atoms with Crippen LogP contribution in [-0.4, -0.2) is 18.2 Å². The fourth-order valence-corrected chi connectivity index (χ4v) is 1.88. The second-order valence-corrected chi connectivity index (χ2v) is 4.95. The van der Waals surface area contributed by atoms with E-state index in [1.54, 1.807) is 18.4 Å². The lowest BCUT2D eigenvalue weighted by Gasteiger charge is -2.24. The molecule has 1 rings (SSSR count). The molecular formula is C16H24FN3O. The molecule has 0 fully saturated rings. The summed E-state index contributed by atoms with van der Waals surface area (Å²) in [4.78, 5) is 0. The number of hydrogen-bond donors (Lipinski definition) is 2. The zero-order chi connectivity index (χ0) is 15.7. The smallest absolute Gasteiger partial charge is 0.105 e. The quantitative estimate of drug-likeness (QED) is 0.297. The van der Waals surface area contributed by atoms with Gasteiger partial charge in [0.05, 0.1) is 6.26 Å². The Morgan fingerprint density at radius 1 is 1.62 bits per heavy atom. The van der Waals surface area contributed by atoms with Gasteiger partial charge < -0.3 is 4.74 Å². The number of hydrogen-bond acceptors (Lipinski definition) is 4. The number of nitrogens with one attached hydrogen (secondary N) is 1. The first kappa shape index (κ1) is 17.4. The lowest BCUT2D eigenvalue weighted by molar-refractivity contribution is 0.167. The van der Waals surface area contributed by atoms with Gasteiger partial charge in [-0.3, -0.25) is 5.84 Å². The lowest BCUT2D eigenvalue weighted by atomic mass is 10.00. The fraction of sp³-hybridized carbons (Fsp3) is 0.375. The Morgan fingerprint density at radius 3 is 3.05 bits per heavy atom. The highest BCUT2D eigenvalue weighted by molar-refractivity contribution is 5.16. The van der Waals surface area contributed by atoms with E-state index in [2.05, 4.69) is 18.6 Å². The van der Waals surface area contributed by atoms with E-state index >= 15 is 0 Å². The maximum atomic E-state index is 13.5. The predicted octanol–water partition coefficient (Wildman–Crippen LogP) is 3.11. The first-order chi connectivity index (χ1) is 10.0. The van der Waals surface area contributed by atoms with Crippen molar-refractivity contribution in [2.45, 2.75) is 19.8 Å². The first-order valence-electron chi connectivity index (χ1n) is 6.93. The SMILES string of the molecule is C=C(CNN(N)CC1CC=CC=C1F)CC(=C)O/C=C\C. The van der Waals surface area contributed by atoms with E-state index < -0.39 is 0 Å². The molecule has 21 heavy (non-hydrogen) atoms. The Balaban J connectivity index is 2.24. The van der Waals surface area contributed by atoms with Gasteiger partial charge in [0.1, 0.15) is 11.6 Å². The molecule has 1 aliphatic rings.